The molecule has 0 aromatic rings. The predicted molar refractivity (Wildman–Crippen MR) is 80.3 cm³/mol. The van der Waals surface area contributed by atoms with Crippen LogP contribution in [0, 0.1) is 17.3 Å². The molecule has 4 heteroatoms. The Morgan fingerprint density at radius 3 is 2.62 bits per heavy atom. The van der Waals surface area contributed by atoms with Crippen molar-refractivity contribution in [3.63, 3.8) is 0 Å². The van der Waals surface area contributed by atoms with E-state index in [4.69, 9.17) is 9.84 Å². The Morgan fingerprint density at radius 1 is 1.48 bits per heavy atom. The molecule has 0 heterocycles. The molecule has 0 saturated carbocycles. The van der Waals surface area contributed by atoms with Crippen molar-refractivity contribution in [2.75, 3.05) is 6.61 Å². The molecule has 0 aromatic heterocycles. The summed E-state index contributed by atoms with van der Waals surface area (Å²) >= 11 is 0. The minimum Gasteiger partial charge on any atom is -0.454 e. The van der Waals surface area contributed by atoms with Crippen molar-refractivity contribution in [2.45, 2.75) is 47.1 Å². The molecule has 0 amide bonds. The van der Waals surface area contributed by atoms with Crippen LogP contribution < -0.4 is 0 Å². The molecule has 1 unspecified atom stereocenters. The molecule has 1 rings (SSSR count). The summed E-state index contributed by atoms with van der Waals surface area (Å²) in [4.78, 5) is 23.4. The zero-order valence-corrected chi connectivity index (χ0v) is 13.2. The second-order valence-electron chi connectivity index (χ2n) is 5.87. The van der Waals surface area contributed by atoms with Gasteiger partial charge in [0.2, 0.25) is 0 Å². The van der Waals surface area contributed by atoms with Gasteiger partial charge in [0.15, 0.2) is 11.9 Å². The van der Waals surface area contributed by atoms with Crippen molar-refractivity contribution in [3.8, 4) is 11.8 Å². The Kier molecular flexibility index (Phi) is 5.51. The van der Waals surface area contributed by atoms with Crippen LogP contribution in [0.15, 0.2) is 22.8 Å². The molecule has 0 radical (unpaired) electrons. The summed E-state index contributed by atoms with van der Waals surface area (Å²) in [5.41, 5.74) is 1.72. The normalized spacial score (nSPS) is 21.7. The zero-order valence-electron chi connectivity index (χ0n) is 13.2. The summed E-state index contributed by atoms with van der Waals surface area (Å²) in [6, 6.07) is 0. The first-order chi connectivity index (χ1) is 9.69. The van der Waals surface area contributed by atoms with E-state index in [1.807, 2.05) is 13.8 Å². The molecule has 0 aromatic carbocycles. The number of rotatable bonds is 2. The summed E-state index contributed by atoms with van der Waals surface area (Å²) in [5, 5.41) is 8.83. The Hall–Kier alpha value is -1.86. The highest BCUT2D eigenvalue weighted by atomic mass is 16.5. The first-order valence-corrected chi connectivity index (χ1v) is 6.91. The Balaban J connectivity index is 3.18. The molecular formula is C17H22O4. The number of carbonyl (C=O) groups is 2. The zero-order chi connectivity index (χ0) is 16.2. The third-order valence-electron chi connectivity index (χ3n) is 3.50. The van der Waals surface area contributed by atoms with E-state index in [2.05, 4.69) is 11.8 Å². The summed E-state index contributed by atoms with van der Waals surface area (Å²) in [7, 11) is 0. The van der Waals surface area contributed by atoms with E-state index in [1.165, 1.54) is 6.92 Å². The summed E-state index contributed by atoms with van der Waals surface area (Å²) in [5.74, 6) is 5.35. The standard InChI is InChI=1S/C17H22O4/c1-11(8-9-18)6-7-14-12(2)16(20)15(21-13(3)19)10-17(14,4)5/h8,15,18H,9-10H2,1-5H3. The average Bonchev–Trinajstić information content (AvgIpc) is 2.34. The quantitative estimate of drug-likeness (QED) is 0.625. The minimum absolute atomic E-state index is 0.0601. The van der Waals surface area contributed by atoms with Gasteiger partial charge in [-0.15, -0.1) is 0 Å². The lowest BCUT2D eigenvalue weighted by Gasteiger charge is -2.34. The van der Waals surface area contributed by atoms with E-state index in [-0.39, 0.29) is 17.8 Å². The van der Waals surface area contributed by atoms with E-state index < -0.39 is 12.1 Å². The van der Waals surface area contributed by atoms with Gasteiger partial charge < -0.3 is 9.84 Å². The van der Waals surface area contributed by atoms with E-state index in [9.17, 15) is 9.59 Å². The summed E-state index contributed by atoms with van der Waals surface area (Å²) in [6.07, 6.45) is 1.31. The van der Waals surface area contributed by atoms with Gasteiger partial charge in [-0.25, -0.2) is 0 Å². The lowest BCUT2D eigenvalue weighted by atomic mass is 9.71. The van der Waals surface area contributed by atoms with Gasteiger partial charge in [-0.3, -0.25) is 9.59 Å². The van der Waals surface area contributed by atoms with Crippen molar-refractivity contribution in [1.82, 2.24) is 0 Å². The second-order valence-corrected chi connectivity index (χ2v) is 5.87. The minimum atomic E-state index is -0.725. The number of aliphatic hydroxyl groups excluding tert-OH is 1. The molecule has 1 aliphatic carbocycles. The number of hydrogen-bond donors (Lipinski definition) is 1. The number of ether oxygens (including phenoxy) is 1. The third-order valence-corrected chi connectivity index (χ3v) is 3.50. The molecule has 0 fully saturated rings. The van der Waals surface area contributed by atoms with Crippen LogP contribution in [0.2, 0.25) is 0 Å². The molecule has 114 valence electrons. The number of ketones is 1. The van der Waals surface area contributed by atoms with Crippen LogP contribution in [-0.2, 0) is 14.3 Å². The van der Waals surface area contributed by atoms with Crippen molar-refractivity contribution >= 4 is 11.8 Å². The van der Waals surface area contributed by atoms with Crippen LogP contribution in [0.3, 0.4) is 0 Å². The average molecular weight is 290 g/mol. The Morgan fingerprint density at radius 2 is 2.10 bits per heavy atom. The highest BCUT2D eigenvalue weighted by molar-refractivity contribution is 6.01. The number of esters is 1. The molecule has 0 spiro atoms. The molecule has 4 nitrogen and oxygen atoms in total. The van der Waals surface area contributed by atoms with Gasteiger partial charge in [-0.05, 0) is 25.5 Å². The number of hydrogen-bond acceptors (Lipinski definition) is 4. The van der Waals surface area contributed by atoms with Crippen LogP contribution in [-0.4, -0.2) is 29.6 Å². The van der Waals surface area contributed by atoms with E-state index in [1.54, 1.807) is 19.9 Å². The lowest BCUT2D eigenvalue weighted by Crippen LogP contribution is -2.38. The summed E-state index contributed by atoms with van der Waals surface area (Å²) < 4.78 is 5.11. The lowest BCUT2D eigenvalue weighted by molar-refractivity contribution is -0.153. The van der Waals surface area contributed by atoms with Crippen LogP contribution in [0.25, 0.3) is 0 Å². The van der Waals surface area contributed by atoms with Crippen LogP contribution in [0.4, 0.5) is 0 Å². The van der Waals surface area contributed by atoms with Gasteiger partial charge in [0.1, 0.15) is 0 Å². The molecule has 1 atom stereocenters. The molecule has 0 saturated heterocycles. The fourth-order valence-corrected chi connectivity index (χ4v) is 2.44. The van der Waals surface area contributed by atoms with Crippen molar-refractivity contribution in [2.24, 2.45) is 5.41 Å². The van der Waals surface area contributed by atoms with E-state index >= 15 is 0 Å². The molecular weight excluding hydrogens is 268 g/mol. The largest absolute Gasteiger partial charge is 0.454 e. The predicted octanol–water partition coefficient (Wildman–Crippen LogP) is 2.18. The first-order valence-electron chi connectivity index (χ1n) is 6.91. The highest BCUT2D eigenvalue weighted by Crippen LogP contribution is 2.39. The van der Waals surface area contributed by atoms with Gasteiger partial charge in [-0.2, -0.15) is 0 Å². The van der Waals surface area contributed by atoms with Gasteiger partial charge in [0, 0.05) is 29.9 Å². The maximum Gasteiger partial charge on any atom is 0.303 e. The van der Waals surface area contributed by atoms with E-state index in [0.29, 0.717) is 12.0 Å². The van der Waals surface area contributed by atoms with Gasteiger partial charge >= 0.3 is 5.97 Å². The van der Waals surface area contributed by atoms with Crippen molar-refractivity contribution < 1.29 is 19.4 Å². The SMILES string of the molecule is CC(=O)OC1CC(C)(C)C(C#CC(C)=CCO)=C(C)C1=O. The van der Waals surface area contributed by atoms with Gasteiger partial charge in [-0.1, -0.05) is 25.7 Å². The third kappa shape index (κ3) is 4.30. The second kappa shape index (κ2) is 6.73. The van der Waals surface area contributed by atoms with Gasteiger partial charge in [0.25, 0.3) is 0 Å². The van der Waals surface area contributed by atoms with Crippen LogP contribution in [0.1, 0.15) is 41.0 Å². The number of carbonyl (C=O) groups excluding carboxylic acids is 2. The fourth-order valence-electron chi connectivity index (χ4n) is 2.44. The molecule has 0 aliphatic heterocycles. The number of aliphatic hydroxyl groups is 1. The summed E-state index contributed by atoms with van der Waals surface area (Å²) in [6.45, 7) is 8.73. The smallest absolute Gasteiger partial charge is 0.303 e. The maximum absolute atomic E-state index is 12.3. The van der Waals surface area contributed by atoms with Crippen LogP contribution >= 0.6 is 0 Å². The van der Waals surface area contributed by atoms with E-state index in [0.717, 1.165) is 11.1 Å². The van der Waals surface area contributed by atoms with Gasteiger partial charge in [0.05, 0.1) is 6.61 Å². The topological polar surface area (TPSA) is 63.6 Å². The highest BCUT2D eigenvalue weighted by Gasteiger charge is 2.39. The molecule has 0 bridgehead atoms. The number of Topliss-reactive ketones (excluding diaryl/α,β-unsaturated/α-hetero) is 1. The maximum atomic E-state index is 12.3. The number of allylic oxidation sites excluding steroid dienone is 2. The first kappa shape index (κ1) is 17.2. The van der Waals surface area contributed by atoms with Crippen molar-refractivity contribution in [3.05, 3.63) is 22.8 Å². The Bertz CT molecular complexity index is 567. The van der Waals surface area contributed by atoms with Crippen LogP contribution in [0.5, 0.6) is 0 Å². The molecule has 1 N–H and O–H groups in total. The monoisotopic (exact) mass is 290 g/mol. The Labute approximate surface area is 125 Å². The molecule has 1 aliphatic rings. The van der Waals surface area contributed by atoms with Crippen molar-refractivity contribution in [1.29, 1.82) is 0 Å². The fraction of sp³-hybridized carbons (Fsp3) is 0.529. The molecule has 21 heavy (non-hydrogen) atoms.